The van der Waals surface area contributed by atoms with Gasteiger partial charge in [-0.1, -0.05) is 12.1 Å². The molecule has 1 unspecified atom stereocenters. The topological polar surface area (TPSA) is 133 Å². The van der Waals surface area contributed by atoms with Crippen LogP contribution in [0.25, 0.3) is 0 Å². The molecule has 0 amide bonds. The summed E-state index contributed by atoms with van der Waals surface area (Å²) < 4.78 is 32.5. The van der Waals surface area contributed by atoms with E-state index in [1.807, 2.05) is 0 Å². The minimum absolute atomic E-state index is 0.0369. The van der Waals surface area contributed by atoms with Crippen molar-refractivity contribution in [3.63, 3.8) is 0 Å². The molecule has 0 radical (unpaired) electrons. The molecular weight excluding hydrogens is 446 g/mol. The highest BCUT2D eigenvalue weighted by atomic mass is 32.2. The van der Waals surface area contributed by atoms with Gasteiger partial charge in [0.1, 0.15) is 16.0 Å². The van der Waals surface area contributed by atoms with Crippen molar-refractivity contribution < 1.29 is 23.1 Å². The predicted octanol–water partition coefficient (Wildman–Crippen LogP) is 1.68. The van der Waals surface area contributed by atoms with Gasteiger partial charge in [-0.3, -0.25) is 15.2 Å². The second kappa shape index (κ2) is 12.5. The molecule has 1 aliphatic heterocycles. The summed E-state index contributed by atoms with van der Waals surface area (Å²) in [6, 6.07) is 9.59. The molecule has 1 aromatic heterocycles. The summed E-state index contributed by atoms with van der Waals surface area (Å²) in [6.45, 7) is 4.04. The number of benzene rings is 1. The fraction of sp³-hybridized carbons (Fsp3) is 0.455. The number of para-hydroxylation sites is 1. The zero-order valence-corrected chi connectivity index (χ0v) is 19.3. The Morgan fingerprint density at radius 3 is 2.82 bits per heavy atom. The van der Waals surface area contributed by atoms with Gasteiger partial charge in [-0.25, -0.2) is 13.4 Å². The van der Waals surface area contributed by atoms with E-state index in [1.165, 1.54) is 12.3 Å². The molecule has 1 saturated heterocycles. The number of aliphatic carboxylic acids is 1. The Hall–Kier alpha value is -2.73. The molecule has 4 N–H and O–H groups in total. The average Bonchev–Trinajstić information content (AvgIpc) is 2.82. The molecule has 1 atom stereocenters. The number of rotatable bonds is 13. The SMILES string of the molecule is O=C(O)CC(Nc1cccnc1)S(=O)(=O)c1ccccc1OCCCCNN1CCCNC1. The van der Waals surface area contributed by atoms with E-state index in [9.17, 15) is 18.3 Å². The zero-order valence-electron chi connectivity index (χ0n) is 18.4. The standard InChI is InChI=1S/C22H31N5O5S/c28-22(29)15-21(26-18-7-5-10-23-16-18)33(30,31)20-9-2-1-8-19(20)32-14-4-3-12-25-27-13-6-11-24-17-27/h1-2,5,7-10,16,21,24-26H,3-4,6,11-15,17H2,(H,28,29). The molecule has 0 aliphatic carbocycles. The van der Waals surface area contributed by atoms with Gasteiger partial charge >= 0.3 is 5.97 Å². The minimum Gasteiger partial charge on any atom is -0.492 e. The highest BCUT2D eigenvalue weighted by Gasteiger charge is 2.32. The number of sulfone groups is 1. The van der Waals surface area contributed by atoms with Crippen molar-refractivity contribution in [2.75, 3.05) is 38.2 Å². The molecule has 180 valence electrons. The third-order valence-corrected chi connectivity index (χ3v) is 7.11. The first-order chi connectivity index (χ1) is 16.0. The lowest BCUT2D eigenvalue weighted by Gasteiger charge is -2.27. The lowest BCUT2D eigenvalue weighted by atomic mass is 10.3. The van der Waals surface area contributed by atoms with Gasteiger partial charge in [-0.15, -0.1) is 0 Å². The van der Waals surface area contributed by atoms with Crippen LogP contribution in [-0.2, 0) is 14.6 Å². The maximum absolute atomic E-state index is 13.4. The van der Waals surface area contributed by atoms with Crippen molar-refractivity contribution in [1.82, 2.24) is 20.7 Å². The van der Waals surface area contributed by atoms with Gasteiger partial charge in [0.05, 0.1) is 25.4 Å². The molecule has 2 heterocycles. The Labute approximate surface area is 194 Å². The van der Waals surface area contributed by atoms with Gasteiger partial charge < -0.3 is 20.5 Å². The number of hydrogen-bond donors (Lipinski definition) is 4. The molecular formula is C22H31N5O5S. The fourth-order valence-corrected chi connectivity index (χ4v) is 5.09. The smallest absolute Gasteiger partial charge is 0.306 e. The van der Waals surface area contributed by atoms with Crippen LogP contribution < -0.4 is 20.8 Å². The summed E-state index contributed by atoms with van der Waals surface area (Å²) >= 11 is 0. The van der Waals surface area contributed by atoms with E-state index in [0.717, 1.165) is 45.6 Å². The van der Waals surface area contributed by atoms with Gasteiger partial charge in [0.15, 0.2) is 0 Å². The number of pyridine rings is 1. The van der Waals surface area contributed by atoms with Gasteiger partial charge in [0.2, 0.25) is 9.84 Å². The minimum atomic E-state index is -4.06. The van der Waals surface area contributed by atoms with Crippen LogP contribution in [0.1, 0.15) is 25.7 Å². The second-order valence-corrected chi connectivity index (χ2v) is 9.80. The van der Waals surface area contributed by atoms with E-state index < -0.39 is 27.6 Å². The van der Waals surface area contributed by atoms with E-state index >= 15 is 0 Å². The van der Waals surface area contributed by atoms with E-state index in [0.29, 0.717) is 12.3 Å². The number of carboxylic acid groups (broad SMARTS) is 1. The highest BCUT2D eigenvalue weighted by Crippen LogP contribution is 2.29. The van der Waals surface area contributed by atoms with Crippen molar-refractivity contribution in [2.24, 2.45) is 0 Å². The summed E-state index contributed by atoms with van der Waals surface area (Å²) in [4.78, 5) is 15.3. The number of aromatic nitrogens is 1. The molecule has 11 heteroatoms. The van der Waals surface area contributed by atoms with Gasteiger partial charge in [-0.05, 0) is 50.1 Å². The maximum Gasteiger partial charge on any atom is 0.306 e. The molecule has 1 aromatic carbocycles. The summed E-state index contributed by atoms with van der Waals surface area (Å²) in [6.07, 6.45) is 5.11. The largest absolute Gasteiger partial charge is 0.492 e. The Morgan fingerprint density at radius 1 is 1.24 bits per heavy atom. The van der Waals surface area contributed by atoms with Crippen LogP contribution in [0.5, 0.6) is 5.75 Å². The number of anilines is 1. The van der Waals surface area contributed by atoms with E-state index in [-0.39, 0.29) is 10.6 Å². The van der Waals surface area contributed by atoms with Crippen LogP contribution in [0.3, 0.4) is 0 Å². The average molecular weight is 478 g/mol. The zero-order chi connectivity index (χ0) is 23.5. The van der Waals surface area contributed by atoms with Gasteiger partial charge in [0, 0.05) is 25.5 Å². The van der Waals surface area contributed by atoms with Crippen LogP contribution in [-0.4, -0.2) is 67.8 Å². The van der Waals surface area contributed by atoms with Gasteiger partial charge in [-0.2, -0.15) is 0 Å². The van der Waals surface area contributed by atoms with Crippen molar-refractivity contribution in [3.8, 4) is 5.75 Å². The molecule has 0 saturated carbocycles. The van der Waals surface area contributed by atoms with Crippen molar-refractivity contribution in [2.45, 2.75) is 36.0 Å². The highest BCUT2D eigenvalue weighted by molar-refractivity contribution is 7.92. The third kappa shape index (κ3) is 7.67. The summed E-state index contributed by atoms with van der Waals surface area (Å²) in [5, 5.41) is 16.2. The number of carbonyl (C=O) groups is 1. The quantitative estimate of drug-likeness (QED) is 0.316. The van der Waals surface area contributed by atoms with Crippen LogP contribution in [0, 0.1) is 0 Å². The summed E-state index contributed by atoms with van der Waals surface area (Å²) in [5.41, 5.74) is 3.78. The molecule has 1 aliphatic rings. The first-order valence-corrected chi connectivity index (χ1v) is 12.5. The van der Waals surface area contributed by atoms with Crippen LogP contribution in [0.15, 0.2) is 53.7 Å². The number of carboxylic acids is 1. The fourth-order valence-electron chi connectivity index (χ4n) is 3.46. The number of ether oxygens (including phenoxy) is 1. The third-order valence-electron chi connectivity index (χ3n) is 5.13. The van der Waals surface area contributed by atoms with Gasteiger partial charge in [0.25, 0.3) is 0 Å². The van der Waals surface area contributed by atoms with E-state index in [4.69, 9.17) is 4.74 Å². The Balaban J connectivity index is 1.60. The summed E-state index contributed by atoms with van der Waals surface area (Å²) in [7, 11) is -4.06. The normalized spacial score (nSPS) is 15.6. The Morgan fingerprint density at radius 2 is 2.09 bits per heavy atom. The predicted molar refractivity (Wildman–Crippen MR) is 124 cm³/mol. The maximum atomic E-state index is 13.4. The van der Waals surface area contributed by atoms with Crippen molar-refractivity contribution >= 4 is 21.5 Å². The number of hydrogen-bond acceptors (Lipinski definition) is 9. The number of nitrogens with one attached hydrogen (secondary N) is 3. The lowest BCUT2D eigenvalue weighted by molar-refractivity contribution is -0.136. The number of hydrazine groups is 1. The summed E-state index contributed by atoms with van der Waals surface area (Å²) in [5.74, 6) is -1.01. The van der Waals surface area contributed by atoms with Crippen LogP contribution in [0.2, 0.25) is 0 Å². The Bertz CT molecular complexity index is 984. The first-order valence-electron chi connectivity index (χ1n) is 11.0. The molecule has 33 heavy (non-hydrogen) atoms. The second-order valence-electron chi connectivity index (χ2n) is 7.70. The first kappa shape index (κ1) is 24.9. The van der Waals surface area contributed by atoms with E-state index in [2.05, 4.69) is 26.1 Å². The molecule has 0 spiro atoms. The molecule has 0 bridgehead atoms. The van der Waals surface area contributed by atoms with Crippen LogP contribution in [0.4, 0.5) is 5.69 Å². The molecule has 10 nitrogen and oxygen atoms in total. The van der Waals surface area contributed by atoms with Crippen molar-refractivity contribution in [3.05, 3.63) is 48.8 Å². The number of unbranched alkanes of at least 4 members (excludes halogenated alkanes) is 1. The van der Waals surface area contributed by atoms with Crippen LogP contribution >= 0.6 is 0 Å². The molecule has 1 fully saturated rings. The monoisotopic (exact) mass is 477 g/mol. The Kier molecular flexibility index (Phi) is 9.43. The van der Waals surface area contributed by atoms with E-state index in [1.54, 1.807) is 36.5 Å². The molecule has 3 rings (SSSR count). The van der Waals surface area contributed by atoms with Crippen molar-refractivity contribution in [1.29, 1.82) is 0 Å². The number of nitrogens with zero attached hydrogens (tertiary/aromatic N) is 2. The molecule has 2 aromatic rings. The lowest BCUT2D eigenvalue weighted by Crippen LogP contribution is -2.49.